The Hall–Kier alpha value is -0.200. The summed E-state index contributed by atoms with van der Waals surface area (Å²) in [4.78, 5) is -0.127. The van der Waals surface area contributed by atoms with E-state index in [2.05, 4.69) is 12.1 Å². The molecule has 0 atom stereocenters. The highest BCUT2D eigenvalue weighted by atomic mass is 35.5. The Morgan fingerprint density at radius 2 is 1.56 bits per heavy atom. The zero-order chi connectivity index (χ0) is 12.3. The van der Waals surface area contributed by atoms with Crippen molar-refractivity contribution in [3.05, 3.63) is 34.9 Å². The molecule has 5 rings (SSSR count). The van der Waals surface area contributed by atoms with Crippen LogP contribution in [0.4, 0.5) is 0 Å². The van der Waals surface area contributed by atoms with Crippen LogP contribution in [0.15, 0.2) is 24.3 Å². The Balaban J connectivity index is 1.78. The number of hydrogen-bond acceptors (Lipinski definition) is 0. The molecule has 4 aliphatic carbocycles. The van der Waals surface area contributed by atoms with Gasteiger partial charge >= 0.3 is 0 Å². The lowest BCUT2D eigenvalue weighted by Crippen LogP contribution is -2.52. The highest BCUT2D eigenvalue weighted by Gasteiger charge is 2.57. The summed E-state index contributed by atoms with van der Waals surface area (Å²) in [5, 5.41) is 0.821. The number of benzene rings is 1. The molecule has 4 fully saturated rings. The first-order valence-corrected chi connectivity index (χ1v) is 7.87. The third-order valence-electron chi connectivity index (χ3n) is 5.59. The molecule has 18 heavy (non-hydrogen) atoms. The third-order valence-corrected chi connectivity index (χ3v) is 6.66. The van der Waals surface area contributed by atoms with Crippen molar-refractivity contribution in [3.8, 4) is 0 Å². The third kappa shape index (κ3) is 1.51. The van der Waals surface area contributed by atoms with Gasteiger partial charge in [0.05, 0.1) is 4.87 Å². The minimum absolute atomic E-state index is 0.127. The zero-order valence-electron chi connectivity index (χ0n) is 10.4. The van der Waals surface area contributed by atoms with Crippen LogP contribution in [0, 0.1) is 23.7 Å². The van der Waals surface area contributed by atoms with Gasteiger partial charge < -0.3 is 0 Å². The Kier molecular flexibility index (Phi) is 2.51. The summed E-state index contributed by atoms with van der Waals surface area (Å²) >= 11 is 13.3. The predicted octanol–water partition coefficient (Wildman–Crippen LogP) is 5.23. The average Bonchev–Trinajstić information content (AvgIpc) is 2.35. The van der Waals surface area contributed by atoms with Crippen molar-refractivity contribution in [2.24, 2.45) is 23.7 Å². The lowest BCUT2D eigenvalue weighted by Gasteiger charge is -2.59. The van der Waals surface area contributed by atoms with E-state index in [0.29, 0.717) is 11.8 Å². The largest absolute Gasteiger partial charge is 0.113 e. The first kappa shape index (κ1) is 11.6. The Labute approximate surface area is 119 Å². The fourth-order valence-corrected chi connectivity index (χ4v) is 5.73. The predicted molar refractivity (Wildman–Crippen MR) is 76.0 cm³/mol. The smallest absolute Gasteiger partial charge is 0.0751 e. The molecular weight excluding hydrogens is 263 g/mol. The van der Waals surface area contributed by atoms with Crippen LogP contribution in [0.25, 0.3) is 0 Å². The van der Waals surface area contributed by atoms with E-state index in [1.807, 2.05) is 12.1 Å². The van der Waals surface area contributed by atoms with E-state index < -0.39 is 0 Å². The summed E-state index contributed by atoms with van der Waals surface area (Å²) in [5.41, 5.74) is 1.27. The van der Waals surface area contributed by atoms with E-state index in [9.17, 15) is 0 Å². The molecule has 0 radical (unpaired) electrons. The second kappa shape index (κ2) is 3.90. The maximum Gasteiger partial charge on any atom is 0.0751 e. The first-order chi connectivity index (χ1) is 8.66. The van der Waals surface area contributed by atoms with Gasteiger partial charge in [-0.25, -0.2) is 0 Å². The van der Waals surface area contributed by atoms with Crippen molar-refractivity contribution in [1.82, 2.24) is 0 Å². The molecule has 2 heteroatoms. The summed E-state index contributed by atoms with van der Waals surface area (Å²) in [6, 6.07) is 8.27. The maximum atomic E-state index is 7.17. The normalized spacial score (nSPS) is 45.4. The first-order valence-electron chi connectivity index (χ1n) is 7.11. The van der Waals surface area contributed by atoms with Gasteiger partial charge in [0.25, 0.3) is 0 Å². The molecule has 0 amide bonds. The number of rotatable bonds is 1. The Morgan fingerprint density at radius 1 is 0.944 bits per heavy atom. The van der Waals surface area contributed by atoms with E-state index in [4.69, 9.17) is 23.2 Å². The number of halogens is 2. The molecule has 4 saturated carbocycles. The molecule has 1 aromatic rings. The number of hydrogen-bond donors (Lipinski definition) is 0. The summed E-state index contributed by atoms with van der Waals surface area (Å²) in [7, 11) is 0. The van der Waals surface area contributed by atoms with Crippen LogP contribution in [-0.2, 0) is 4.87 Å². The summed E-state index contributed by atoms with van der Waals surface area (Å²) in [6.07, 6.45) is 6.81. The number of alkyl halides is 1. The van der Waals surface area contributed by atoms with E-state index in [0.717, 1.165) is 16.9 Å². The molecule has 0 nitrogen and oxygen atoms in total. The van der Waals surface area contributed by atoms with Gasteiger partial charge in [0.2, 0.25) is 0 Å². The van der Waals surface area contributed by atoms with Gasteiger partial charge in [-0.05, 0) is 73.5 Å². The monoisotopic (exact) mass is 280 g/mol. The van der Waals surface area contributed by atoms with Crippen LogP contribution in [-0.4, -0.2) is 0 Å². The zero-order valence-corrected chi connectivity index (χ0v) is 11.9. The van der Waals surface area contributed by atoms with Gasteiger partial charge in [-0.15, -0.1) is 11.6 Å². The fourth-order valence-electron chi connectivity index (χ4n) is 5.07. The Bertz CT molecular complexity index is 452. The highest BCUT2D eigenvalue weighted by Crippen LogP contribution is 2.64. The highest BCUT2D eigenvalue weighted by molar-refractivity contribution is 6.31. The minimum atomic E-state index is -0.127. The van der Waals surface area contributed by atoms with Crippen molar-refractivity contribution in [3.63, 3.8) is 0 Å². The second-order valence-electron chi connectivity index (χ2n) is 6.58. The van der Waals surface area contributed by atoms with Crippen LogP contribution in [0.3, 0.4) is 0 Å². The molecule has 0 spiro atoms. The van der Waals surface area contributed by atoms with Gasteiger partial charge in [0, 0.05) is 5.02 Å². The van der Waals surface area contributed by atoms with Crippen molar-refractivity contribution in [2.45, 2.75) is 37.0 Å². The minimum Gasteiger partial charge on any atom is -0.113 e. The molecule has 4 bridgehead atoms. The molecule has 0 unspecified atom stereocenters. The molecule has 0 aliphatic heterocycles. The van der Waals surface area contributed by atoms with Gasteiger partial charge in [0.1, 0.15) is 0 Å². The van der Waals surface area contributed by atoms with Gasteiger partial charge in [0.15, 0.2) is 0 Å². The lowest BCUT2D eigenvalue weighted by atomic mass is 9.50. The van der Waals surface area contributed by atoms with Gasteiger partial charge in [-0.2, -0.15) is 0 Å². The molecule has 0 aromatic heterocycles. The summed E-state index contributed by atoms with van der Waals surface area (Å²) < 4.78 is 0. The van der Waals surface area contributed by atoms with Gasteiger partial charge in [-0.3, -0.25) is 0 Å². The van der Waals surface area contributed by atoms with Gasteiger partial charge in [-0.1, -0.05) is 23.7 Å². The quantitative estimate of drug-likeness (QED) is 0.618. The van der Waals surface area contributed by atoms with Crippen molar-refractivity contribution < 1.29 is 0 Å². The van der Waals surface area contributed by atoms with Crippen LogP contribution in [0.1, 0.15) is 37.7 Å². The molecule has 96 valence electrons. The standard InChI is InChI=1S/C16H18Cl2/c17-15-3-1-2-12(9-15)16(18)13-5-10-4-11(7-13)8-14(16)6-10/h1-3,9-11,13-14H,4-8H2. The Morgan fingerprint density at radius 3 is 2.11 bits per heavy atom. The van der Waals surface area contributed by atoms with Crippen molar-refractivity contribution in [1.29, 1.82) is 0 Å². The summed E-state index contributed by atoms with van der Waals surface area (Å²) in [6.45, 7) is 0. The van der Waals surface area contributed by atoms with Crippen LogP contribution in [0.5, 0.6) is 0 Å². The average molecular weight is 281 g/mol. The van der Waals surface area contributed by atoms with Crippen LogP contribution >= 0.6 is 23.2 Å². The van der Waals surface area contributed by atoms with Crippen LogP contribution in [0.2, 0.25) is 5.02 Å². The molecule has 1 aromatic carbocycles. The lowest BCUT2D eigenvalue weighted by molar-refractivity contribution is -0.0224. The maximum absolute atomic E-state index is 7.17. The molecule has 0 N–H and O–H groups in total. The molecule has 0 saturated heterocycles. The van der Waals surface area contributed by atoms with Crippen molar-refractivity contribution >= 4 is 23.2 Å². The molecular formula is C16H18Cl2. The SMILES string of the molecule is Clc1cccc(C2(Cl)C3CC4CC(C3)CC2C4)c1. The topological polar surface area (TPSA) is 0 Å². The fraction of sp³-hybridized carbons (Fsp3) is 0.625. The van der Waals surface area contributed by atoms with Crippen molar-refractivity contribution in [2.75, 3.05) is 0 Å². The second-order valence-corrected chi connectivity index (χ2v) is 7.64. The van der Waals surface area contributed by atoms with E-state index in [1.165, 1.54) is 37.7 Å². The molecule has 4 aliphatic rings. The molecule has 0 heterocycles. The van der Waals surface area contributed by atoms with Crippen LogP contribution < -0.4 is 0 Å². The van der Waals surface area contributed by atoms with E-state index in [1.54, 1.807) is 0 Å². The van der Waals surface area contributed by atoms with E-state index in [-0.39, 0.29) is 4.87 Å². The summed E-state index contributed by atoms with van der Waals surface area (Å²) in [5.74, 6) is 3.26. The van der Waals surface area contributed by atoms with E-state index >= 15 is 0 Å².